The predicted octanol–water partition coefficient (Wildman–Crippen LogP) is 3.79. The molecule has 0 spiro atoms. The van der Waals surface area contributed by atoms with Gasteiger partial charge in [-0.2, -0.15) is 0 Å². The fourth-order valence-electron chi connectivity index (χ4n) is 2.27. The summed E-state index contributed by atoms with van der Waals surface area (Å²) < 4.78 is 0. The van der Waals surface area contributed by atoms with E-state index >= 15 is 0 Å². The van der Waals surface area contributed by atoms with Crippen molar-refractivity contribution in [1.29, 1.82) is 0 Å². The van der Waals surface area contributed by atoms with Crippen LogP contribution in [0.3, 0.4) is 0 Å². The molecule has 0 aliphatic heterocycles. The Morgan fingerprint density at radius 1 is 1.14 bits per heavy atom. The van der Waals surface area contributed by atoms with Crippen LogP contribution in [0.25, 0.3) is 11.3 Å². The predicted molar refractivity (Wildman–Crippen MR) is 85.2 cm³/mol. The largest absolute Gasteiger partial charge is 0.388 e. The van der Waals surface area contributed by atoms with Crippen LogP contribution in [0.4, 0.5) is 0 Å². The smallest absolute Gasteiger partial charge is 0.0961 e. The lowest BCUT2D eigenvalue weighted by Crippen LogP contribution is -2.04. The number of aliphatic hydroxyl groups is 1. The molecule has 1 atom stereocenters. The van der Waals surface area contributed by atoms with Crippen LogP contribution in [0.2, 0.25) is 0 Å². The van der Waals surface area contributed by atoms with Crippen LogP contribution in [0.1, 0.15) is 22.4 Å². The molecule has 21 heavy (non-hydrogen) atoms. The normalized spacial score (nSPS) is 12.3. The van der Waals surface area contributed by atoms with Gasteiger partial charge in [0.05, 0.1) is 16.8 Å². The molecule has 3 rings (SSSR count). The van der Waals surface area contributed by atoms with Crippen molar-refractivity contribution in [3.05, 3.63) is 70.3 Å². The average Bonchev–Trinajstić information content (AvgIpc) is 2.97. The molecule has 1 unspecified atom stereocenters. The Morgan fingerprint density at radius 3 is 2.71 bits per heavy atom. The van der Waals surface area contributed by atoms with Gasteiger partial charge in [0, 0.05) is 34.8 Å². The van der Waals surface area contributed by atoms with E-state index in [1.165, 1.54) is 0 Å². The van der Waals surface area contributed by atoms with Gasteiger partial charge in [-0.05, 0) is 13.0 Å². The third-order valence-electron chi connectivity index (χ3n) is 3.40. The highest BCUT2D eigenvalue weighted by molar-refractivity contribution is 7.09. The second-order valence-corrected chi connectivity index (χ2v) is 5.83. The SMILES string of the molecule is Cc1ncccc1C(O)Cc1nc(-c2ccccc2)cs1. The summed E-state index contributed by atoms with van der Waals surface area (Å²) in [5, 5.41) is 13.3. The quantitative estimate of drug-likeness (QED) is 0.796. The number of thiazole rings is 1. The van der Waals surface area contributed by atoms with Crippen LogP contribution in [0.15, 0.2) is 54.0 Å². The van der Waals surface area contributed by atoms with Crippen molar-refractivity contribution in [3.63, 3.8) is 0 Å². The van der Waals surface area contributed by atoms with E-state index in [4.69, 9.17) is 0 Å². The fourth-order valence-corrected chi connectivity index (χ4v) is 3.11. The van der Waals surface area contributed by atoms with E-state index in [2.05, 4.69) is 9.97 Å². The Bertz CT molecular complexity index is 724. The van der Waals surface area contributed by atoms with Crippen LogP contribution in [0.5, 0.6) is 0 Å². The van der Waals surface area contributed by atoms with Gasteiger partial charge in [-0.3, -0.25) is 4.98 Å². The molecule has 0 fully saturated rings. The third kappa shape index (κ3) is 3.17. The standard InChI is InChI=1S/C17H16N2OS/c1-12-14(8-5-9-18-12)16(20)10-17-19-15(11-21-17)13-6-3-2-4-7-13/h2-9,11,16,20H,10H2,1H3. The Kier molecular flexibility index (Phi) is 4.08. The molecule has 0 saturated heterocycles. The van der Waals surface area contributed by atoms with Crippen molar-refractivity contribution in [3.8, 4) is 11.3 Å². The van der Waals surface area contributed by atoms with E-state index in [-0.39, 0.29) is 0 Å². The molecule has 1 N–H and O–H groups in total. The molecule has 0 saturated carbocycles. The van der Waals surface area contributed by atoms with Gasteiger partial charge in [-0.15, -0.1) is 11.3 Å². The molecule has 0 aliphatic rings. The van der Waals surface area contributed by atoms with E-state index in [1.807, 2.05) is 54.8 Å². The second kappa shape index (κ2) is 6.16. The molecule has 0 aliphatic carbocycles. The molecule has 3 nitrogen and oxygen atoms in total. The van der Waals surface area contributed by atoms with Crippen molar-refractivity contribution >= 4 is 11.3 Å². The minimum absolute atomic E-state index is 0.518. The van der Waals surface area contributed by atoms with Crippen molar-refractivity contribution in [2.24, 2.45) is 0 Å². The monoisotopic (exact) mass is 296 g/mol. The minimum atomic E-state index is -0.562. The molecule has 4 heteroatoms. The summed E-state index contributed by atoms with van der Waals surface area (Å²) in [6.07, 6.45) is 1.69. The van der Waals surface area contributed by atoms with Gasteiger partial charge in [0.25, 0.3) is 0 Å². The average molecular weight is 296 g/mol. The van der Waals surface area contributed by atoms with Crippen LogP contribution in [0, 0.1) is 6.92 Å². The highest BCUT2D eigenvalue weighted by Crippen LogP contribution is 2.26. The third-order valence-corrected chi connectivity index (χ3v) is 4.27. The van der Waals surface area contributed by atoms with Gasteiger partial charge in [0.15, 0.2) is 0 Å². The summed E-state index contributed by atoms with van der Waals surface area (Å²) in [5.74, 6) is 0. The van der Waals surface area contributed by atoms with Crippen LogP contribution < -0.4 is 0 Å². The van der Waals surface area contributed by atoms with Crippen LogP contribution in [-0.4, -0.2) is 15.1 Å². The number of nitrogens with zero attached hydrogens (tertiary/aromatic N) is 2. The zero-order valence-electron chi connectivity index (χ0n) is 11.7. The second-order valence-electron chi connectivity index (χ2n) is 4.89. The summed E-state index contributed by atoms with van der Waals surface area (Å²) in [6.45, 7) is 1.91. The minimum Gasteiger partial charge on any atom is -0.388 e. The highest BCUT2D eigenvalue weighted by Gasteiger charge is 2.14. The lowest BCUT2D eigenvalue weighted by Gasteiger charge is -2.11. The van der Waals surface area contributed by atoms with Crippen molar-refractivity contribution in [1.82, 2.24) is 9.97 Å². The molecule has 0 amide bonds. The lowest BCUT2D eigenvalue weighted by atomic mass is 10.1. The fraction of sp³-hybridized carbons (Fsp3) is 0.176. The first kappa shape index (κ1) is 13.9. The molecule has 0 radical (unpaired) electrons. The Balaban J connectivity index is 1.77. The molecule has 2 heterocycles. The molecule has 2 aromatic heterocycles. The Labute approximate surface area is 128 Å². The number of hydrogen-bond acceptors (Lipinski definition) is 4. The van der Waals surface area contributed by atoms with E-state index < -0.39 is 6.10 Å². The summed E-state index contributed by atoms with van der Waals surface area (Å²) >= 11 is 1.58. The summed E-state index contributed by atoms with van der Waals surface area (Å²) in [4.78, 5) is 8.83. The molecular weight excluding hydrogens is 280 g/mol. The topological polar surface area (TPSA) is 46.0 Å². The van der Waals surface area contributed by atoms with E-state index in [0.29, 0.717) is 6.42 Å². The molecule has 106 valence electrons. The zero-order valence-corrected chi connectivity index (χ0v) is 12.5. The number of pyridine rings is 1. The number of aliphatic hydroxyl groups excluding tert-OH is 1. The van der Waals surface area contributed by atoms with Gasteiger partial charge in [0.1, 0.15) is 0 Å². The Hall–Kier alpha value is -2.04. The van der Waals surface area contributed by atoms with Crippen LogP contribution >= 0.6 is 11.3 Å². The number of rotatable bonds is 4. The molecule has 3 aromatic rings. The summed E-state index contributed by atoms with van der Waals surface area (Å²) in [5.41, 5.74) is 3.80. The first-order valence-corrected chi connectivity index (χ1v) is 7.71. The number of aromatic nitrogens is 2. The maximum atomic E-state index is 10.4. The van der Waals surface area contributed by atoms with E-state index in [0.717, 1.165) is 27.5 Å². The van der Waals surface area contributed by atoms with Gasteiger partial charge in [-0.25, -0.2) is 4.98 Å². The zero-order chi connectivity index (χ0) is 14.7. The van der Waals surface area contributed by atoms with E-state index in [1.54, 1.807) is 17.5 Å². The van der Waals surface area contributed by atoms with Crippen LogP contribution in [-0.2, 0) is 6.42 Å². The van der Waals surface area contributed by atoms with Crippen molar-refractivity contribution in [2.75, 3.05) is 0 Å². The maximum absolute atomic E-state index is 10.4. The van der Waals surface area contributed by atoms with Crippen molar-refractivity contribution in [2.45, 2.75) is 19.4 Å². The van der Waals surface area contributed by atoms with E-state index in [9.17, 15) is 5.11 Å². The van der Waals surface area contributed by atoms with Crippen molar-refractivity contribution < 1.29 is 5.11 Å². The summed E-state index contributed by atoms with van der Waals surface area (Å²) in [7, 11) is 0. The number of benzene rings is 1. The van der Waals surface area contributed by atoms with Gasteiger partial charge in [-0.1, -0.05) is 36.4 Å². The number of aryl methyl sites for hydroxylation is 1. The van der Waals surface area contributed by atoms with Gasteiger partial charge >= 0.3 is 0 Å². The maximum Gasteiger partial charge on any atom is 0.0961 e. The van der Waals surface area contributed by atoms with Gasteiger partial charge < -0.3 is 5.11 Å². The molecule has 1 aromatic carbocycles. The lowest BCUT2D eigenvalue weighted by molar-refractivity contribution is 0.177. The highest BCUT2D eigenvalue weighted by atomic mass is 32.1. The molecule has 0 bridgehead atoms. The Morgan fingerprint density at radius 2 is 1.95 bits per heavy atom. The first-order chi connectivity index (χ1) is 10.2. The number of hydrogen-bond donors (Lipinski definition) is 1. The summed E-state index contributed by atoms with van der Waals surface area (Å²) in [6, 6.07) is 13.8. The van der Waals surface area contributed by atoms with Gasteiger partial charge in [0.2, 0.25) is 0 Å². The molecular formula is C17H16N2OS. The first-order valence-electron chi connectivity index (χ1n) is 6.83.